The molecule has 0 unspecified atom stereocenters. The smallest absolute Gasteiger partial charge is 0.259 e. The molecule has 7 nitrogen and oxygen atoms in total. The Hall–Kier alpha value is -3.74. The maximum Gasteiger partial charge on any atom is 0.259 e. The molecule has 1 aliphatic rings. The van der Waals surface area contributed by atoms with Gasteiger partial charge in [-0.05, 0) is 25.1 Å². The molecular formula is C22H20N4O3. The minimum absolute atomic E-state index is 0.116. The van der Waals surface area contributed by atoms with E-state index in [0.717, 1.165) is 5.56 Å². The van der Waals surface area contributed by atoms with Crippen molar-refractivity contribution in [1.29, 1.82) is 0 Å². The molecule has 2 aromatic carbocycles. The van der Waals surface area contributed by atoms with E-state index < -0.39 is 6.04 Å². The van der Waals surface area contributed by atoms with E-state index in [1.165, 1.54) is 9.80 Å². The predicted octanol–water partition coefficient (Wildman–Crippen LogP) is 2.40. The number of likely N-dealkylation sites (N-methyl/N-ethyl adjacent to an activating group) is 1. The highest BCUT2D eigenvalue weighted by atomic mass is 16.2. The summed E-state index contributed by atoms with van der Waals surface area (Å²) < 4.78 is 0. The molecule has 0 fully saturated rings. The van der Waals surface area contributed by atoms with Gasteiger partial charge < -0.3 is 9.88 Å². The summed E-state index contributed by atoms with van der Waals surface area (Å²) in [5.74, 6) is -0.133. The minimum atomic E-state index is -0.737. The number of carbonyl (C=O) groups excluding carboxylic acids is 2. The lowest BCUT2D eigenvalue weighted by molar-refractivity contribution is -0.133. The normalized spacial score (nSPS) is 14.2. The van der Waals surface area contributed by atoms with E-state index in [-0.39, 0.29) is 23.9 Å². The van der Waals surface area contributed by atoms with Gasteiger partial charge in [-0.2, -0.15) is 0 Å². The fraction of sp³-hybridized carbons (Fsp3) is 0.182. The highest BCUT2D eigenvalue weighted by Gasteiger charge is 2.37. The SMILES string of the molecule is C=C1c2ccccc2C(=O)N1[C@H](C)C(=O)N(C)Cc1nc2ccccc2c(=O)[nH]1. The van der Waals surface area contributed by atoms with Crippen LogP contribution in [0.3, 0.4) is 0 Å². The molecule has 4 rings (SSSR count). The standard InChI is InChI=1S/C22H20N4O3/c1-13-15-8-4-5-9-16(15)22(29)26(13)14(2)21(28)25(3)12-19-23-18-11-7-6-10-17(18)20(27)24-19/h4-11,14H,1,12H2,2-3H3,(H,23,24,27)/t14-/m1/s1. The number of nitrogens with zero attached hydrogens (tertiary/aromatic N) is 3. The lowest BCUT2D eigenvalue weighted by Gasteiger charge is -2.28. The molecular weight excluding hydrogens is 368 g/mol. The summed E-state index contributed by atoms with van der Waals surface area (Å²) in [6.07, 6.45) is 0. The van der Waals surface area contributed by atoms with Gasteiger partial charge in [-0.25, -0.2) is 4.98 Å². The number of fused-ring (bicyclic) bond motifs is 2. The van der Waals surface area contributed by atoms with Gasteiger partial charge in [0.1, 0.15) is 11.9 Å². The monoisotopic (exact) mass is 388 g/mol. The molecule has 1 N–H and O–H groups in total. The van der Waals surface area contributed by atoms with E-state index in [1.54, 1.807) is 50.4 Å². The van der Waals surface area contributed by atoms with E-state index >= 15 is 0 Å². The molecule has 2 amide bonds. The van der Waals surface area contributed by atoms with Crippen molar-refractivity contribution in [3.63, 3.8) is 0 Å². The zero-order valence-electron chi connectivity index (χ0n) is 16.2. The number of para-hydroxylation sites is 1. The highest BCUT2D eigenvalue weighted by molar-refractivity contribution is 6.10. The summed E-state index contributed by atoms with van der Waals surface area (Å²) in [7, 11) is 1.62. The van der Waals surface area contributed by atoms with Crippen molar-refractivity contribution in [3.05, 3.63) is 82.4 Å². The Kier molecular flexibility index (Phi) is 4.50. The molecule has 0 saturated heterocycles. The van der Waals surface area contributed by atoms with Crippen molar-refractivity contribution in [2.75, 3.05) is 7.05 Å². The van der Waals surface area contributed by atoms with Gasteiger partial charge in [-0.1, -0.05) is 36.9 Å². The molecule has 2 heterocycles. The zero-order chi connectivity index (χ0) is 20.7. The first-order chi connectivity index (χ1) is 13.9. The molecule has 1 atom stereocenters. The third-order valence-electron chi connectivity index (χ3n) is 5.15. The van der Waals surface area contributed by atoms with Gasteiger partial charge in [0.2, 0.25) is 5.91 Å². The number of rotatable bonds is 4. The third kappa shape index (κ3) is 3.10. The number of H-pyrrole nitrogens is 1. The first-order valence-corrected chi connectivity index (χ1v) is 9.23. The van der Waals surface area contributed by atoms with Gasteiger partial charge in [0.15, 0.2) is 0 Å². The van der Waals surface area contributed by atoms with E-state index in [0.29, 0.717) is 28.0 Å². The molecule has 1 aromatic heterocycles. The van der Waals surface area contributed by atoms with Gasteiger partial charge in [0.05, 0.1) is 17.4 Å². The predicted molar refractivity (Wildman–Crippen MR) is 110 cm³/mol. The van der Waals surface area contributed by atoms with Crippen LogP contribution in [0, 0.1) is 0 Å². The van der Waals surface area contributed by atoms with Gasteiger partial charge >= 0.3 is 0 Å². The first-order valence-electron chi connectivity index (χ1n) is 9.23. The maximum atomic E-state index is 13.0. The van der Waals surface area contributed by atoms with Crippen LogP contribution in [0.25, 0.3) is 16.6 Å². The Morgan fingerprint density at radius 2 is 1.79 bits per heavy atom. The Balaban J connectivity index is 1.55. The number of nitrogens with one attached hydrogen (secondary N) is 1. The van der Waals surface area contributed by atoms with Crippen LogP contribution in [0.1, 0.15) is 28.7 Å². The molecule has 0 saturated carbocycles. The Bertz CT molecular complexity index is 1180. The second-order valence-electron chi connectivity index (χ2n) is 7.07. The second-order valence-corrected chi connectivity index (χ2v) is 7.07. The summed E-state index contributed by atoms with van der Waals surface area (Å²) in [4.78, 5) is 48.0. The number of benzene rings is 2. The second kappa shape index (κ2) is 7.01. The van der Waals surface area contributed by atoms with Crippen LogP contribution in [0.5, 0.6) is 0 Å². The zero-order valence-corrected chi connectivity index (χ0v) is 16.2. The molecule has 0 radical (unpaired) electrons. The topological polar surface area (TPSA) is 86.4 Å². The lowest BCUT2D eigenvalue weighted by atomic mass is 10.1. The quantitative estimate of drug-likeness (QED) is 0.744. The van der Waals surface area contributed by atoms with Crippen molar-refractivity contribution >= 4 is 28.4 Å². The largest absolute Gasteiger partial charge is 0.336 e. The number of aromatic amines is 1. The molecule has 0 aliphatic carbocycles. The van der Waals surface area contributed by atoms with Gasteiger partial charge in [-0.3, -0.25) is 19.3 Å². The van der Waals surface area contributed by atoms with Crippen LogP contribution in [-0.2, 0) is 11.3 Å². The Labute approximate surface area is 167 Å². The van der Waals surface area contributed by atoms with Crippen molar-refractivity contribution in [2.24, 2.45) is 0 Å². The third-order valence-corrected chi connectivity index (χ3v) is 5.15. The van der Waals surface area contributed by atoms with Gasteiger partial charge in [0.25, 0.3) is 11.5 Å². The highest BCUT2D eigenvalue weighted by Crippen LogP contribution is 2.33. The summed E-state index contributed by atoms with van der Waals surface area (Å²) in [6, 6.07) is 13.5. The molecule has 3 aromatic rings. The maximum absolute atomic E-state index is 13.0. The molecule has 7 heteroatoms. The number of amides is 2. The molecule has 0 bridgehead atoms. The summed E-state index contributed by atoms with van der Waals surface area (Å²) in [5, 5.41) is 0.496. The minimum Gasteiger partial charge on any atom is -0.336 e. The lowest BCUT2D eigenvalue weighted by Crippen LogP contribution is -2.45. The van der Waals surface area contributed by atoms with Crippen LogP contribution in [0.15, 0.2) is 59.9 Å². The number of hydrogen-bond acceptors (Lipinski definition) is 4. The number of hydrogen-bond donors (Lipinski definition) is 1. The van der Waals surface area contributed by atoms with E-state index in [4.69, 9.17) is 0 Å². The van der Waals surface area contributed by atoms with Crippen molar-refractivity contribution in [3.8, 4) is 0 Å². The Morgan fingerprint density at radius 3 is 2.52 bits per heavy atom. The van der Waals surface area contributed by atoms with E-state index in [9.17, 15) is 14.4 Å². The van der Waals surface area contributed by atoms with E-state index in [1.807, 2.05) is 12.1 Å². The molecule has 0 spiro atoms. The van der Waals surface area contributed by atoms with Gasteiger partial charge in [0, 0.05) is 23.9 Å². The molecule has 1 aliphatic heterocycles. The fourth-order valence-electron chi connectivity index (χ4n) is 3.65. The number of aromatic nitrogens is 2. The summed E-state index contributed by atoms with van der Waals surface area (Å²) in [5.41, 5.74) is 2.11. The van der Waals surface area contributed by atoms with Crippen LogP contribution in [-0.4, -0.2) is 44.7 Å². The first kappa shape index (κ1) is 18.6. The van der Waals surface area contributed by atoms with E-state index in [2.05, 4.69) is 16.5 Å². The molecule has 29 heavy (non-hydrogen) atoms. The van der Waals surface area contributed by atoms with Crippen LogP contribution in [0.2, 0.25) is 0 Å². The van der Waals surface area contributed by atoms with Crippen LogP contribution < -0.4 is 5.56 Å². The average molecular weight is 388 g/mol. The van der Waals surface area contributed by atoms with Crippen molar-refractivity contribution < 1.29 is 9.59 Å². The fourth-order valence-corrected chi connectivity index (χ4v) is 3.65. The summed E-state index contributed by atoms with van der Waals surface area (Å²) in [6.45, 7) is 5.78. The van der Waals surface area contributed by atoms with Crippen LogP contribution in [0.4, 0.5) is 0 Å². The van der Waals surface area contributed by atoms with Crippen LogP contribution >= 0.6 is 0 Å². The average Bonchev–Trinajstić information content (AvgIpc) is 2.97. The molecule has 146 valence electrons. The number of carbonyl (C=O) groups is 2. The van der Waals surface area contributed by atoms with Crippen molar-refractivity contribution in [1.82, 2.24) is 19.8 Å². The summed E-state index contributed by atoms with van der Waals surface area (Å²) >= 11 is 0. The van der Waals surface area contributed by atoms with Crippen molar-refractivity contribution in [2.45, 2.75) is 19.5 Å². The Morgan fingerprint density at radius 1 is 1.14 bits per heavy atom. The van der Waals surface area contributed by atoms with Gasteiger partial charge in [-0.15, -0.1) is 0 Å².